The van der Waals surface area contributed by atoms with Gasteiger partial charge in [0.25, 0.3) is 10.0 Å². The van der Waals surface area contributed by atoms with Crippen LogP contribution in [0.1, 0.15) is 26.2 Å². The van der Waals surface area contributed by atoms with Crippen molar-refractivity contribution < 1.29 is 17.9 Å². The number of rotatable bonds is 8. The molecule has 1 aliphatic rings. The van der Waals surface area contributed by atoms with E-state index in [2.05, 4.69) is 21.2 Å². The van der Waals surface area contributed by atoms with Gasteiger partial charge in [0.05, 0.1) is 9.70 Å². The molecule has 9 heteroatoms. The number of hydrogen-bond donors (Lipinski definition) is 1. The van der Waals surface area contributed by atoms with Crippen LogP contribution < -0.4 is 5.32 Å². The van der Waals surface area contributed by atoms with Crippen LogP contribution in [0.25, 0.3) is 0 Å². The van der Waals surface area contributed by atoms with Crippen molar-refractivity contribution in [3.8, 4) is 0 Å². The van der Waals surface area contributed by atoms with Crippen LogP contribution in [-0.2, 0) is 19.6 Å². The molecule has 0 bridgehead atoms. The number of amides is 1. The van der Waals surface area contributed by atoms with Gasteiger partial charge in [-0.25, -0.2) is 8.42 Å². The number of nitrogens with one attached hydrogen (secondary N) is 1. The lowest BCUT2D eigenvalue weighted by Crippen LogP contribution is -2.45. The molecule has 1 atom stereocenters. The first-order chi connectivity index (χ1) is 11.4. The lowest BCUT2D eigenvalue weighted by molar-refractivity contribution is -0.126. The van der Waals surface area contributed by atoms with E-state index in [-0.39, 0.29) is 18.4 Å². The van der Waals surface area contributed by atoms with Gasteiger partial charge >= 0.3 is 0 Å². The van der Waals surface area contributed by atoms with E-state index in [1.165, 1.54) is 15.6 Å². The zero-order chi connectivity index (χ0) is 17.6. The molecule has 0 saturated carbocycles. The van der Waals surface area contributed by atoms with Crippen LogP contribution in [0.5, 0.6) is 0 Å². The van der Waals surface area contributed by atoms with E-state index >= 15 is 0 Å². The van der Waals surface area contributed by atoms with Crippen LogP contribution in [0.3, 0.4) is 0 Å². The standard InChI is InChI=1S/C15H23BrN2O4S2/c1-2-22-10-4-8-17-15(19)12-5-3-9-18(11-12)24(20,21)14-7-6-13(16)23-14/h6-7,12H,2-5,8-11H2,1H3,(H,17,19). The Morgan fingerprint density at radius 2 is 2.29 bits per heavy atom. The highest BCUT2D eigenvalue weighted by Gasteiger charge is 2.33. The van der Waals surface area contributed by atoms with Crippen molar-refractivity contribution in [3.63, 3.8) is 0 Å². The minimum Gasteiger partial charge on any atom is -0.382 e. The highest BCUT2D eigenvalue weighted by atomic mass is 79.9. The van der Waals surface area contributed by atoms with E-state index in [9.17, 15) is 13.2 Å². The molecule has 24 heavy (non-hydrogen) atoms. The maximum atomic E-state index is 12.7. The monoisotopic (exact) mass is 438 g/mol. The molecule has 0 aromatic carbocycles. The molecule has 1 N–H and O–H groups in total. The topological polar surface area (TPSA) is 75.7 Å². The fourth-order valence-corrected chi connectivity index (χ4v) is 6.30. The maximum Gasteiger partial charge on any atom is 0.252 e. The van der Waals surface area contributed by atoms with Crippen LogP contribution in [0.2, 0.25) is 0 Å². The van der Waals surface area contributed by atoms with E-state index in [0.717, 1.165) is 16.6 Å². The Morgan fingerprint density at radius 1 is 1.50 bits per heavy atom. The molecule has 1 saturated heterocycles. The van der Waals surface area contributed by atoms with E-state index < -0.39 is 10.0 Å². The average Bonchev–Trinajstić information content (AvgIpc) is 3.02. The van der Waals surface area contributed by atoms with Gasteiger partial charge in [0, 0.05) is 32.8 Å². The molecule has 0 spiro atoms. The highest BCUT2D eigenvalue weighted by Crippen LogP contribution is 2.30. The normalized spacial score (nSPS) is 19.3. The number of halogens is 1. The fraction of sp³-hybridized carbons (Fsp3) is 0.667. The largest absolute Gasteiger partial charge is 0.382 e. The van der Waals surface area contributed by atoms with Crippen molar-refractivity contribution in [1.82, 2.24) is 9.62 Å². The number of ether oxygens (including phenoxy) is 1. The summed E-state index contributed by atoms with van der Waals surface area (Å²) in [4.78, 5) is 12.3. The summed E-state index contributed by atoms with van der Waals surface area (Å²) < 4.78 is 33.1. The van der Waals surface area contributed by atoms with Crippen molar-refractivity contribution in [2.45, 2.75) is 30.4 Å². The maximum absolute atomic E-state index is 12.7. The lowest BCUT2D eigenvalue weighted by atomic mass is 9.99. The third-order valence-corrected chi connectivity index (χ3v) is 7.82. The van der Waals surface area contributed by atoms with E-state index in [1.54, 1.807) is 12.1 Å². The molecule has 1 aromatic rings. The van der Waals surface area contributed by atoms with Crippen molar-refractivity contribution in [2.24, 2.45) is 5.92 Å². The molecule has 0 radical (unpaired) electrons. The van der Waals surface area contributed by atoms with Crippen LogP contribution in [-0.4, -0.2) is 51.5 Å². The summed E-state index contributed by atoms with van der Waals surface area (Å²) in [5, 5.41) is 2.88. The number of piperidine rings is 1. The van der Waals surface area contributed by atoms with Crippen LogP contribution >= 0.6 is 27.3 Å². The Hall–Kier alpha value is -0.480. The predicted octanol–water partition coefficient (Wildman–Crippen LogP) is 2.45. The minimum atomic E-state index is -3.52. The zero-order valence-electron chi connectivity index (χ0n) is 13.7. The molecule has 6 nitrogen and oxygen atoms in total. The van der Waals surface area contributed by atoms with Gasteiger partial charge in [-0.3, -0.25) is 4.79 Å². The third kappa shape index (κ3) is 5.26. The van der Waals surface area contributed by atoms with Crippen molar-refractivity contribution in [1.29, 1.82) is 0 Å². The van der Waals surface area contributed by atoms with Crippen molar-refractivity contribution in [3.05, 3.63) is 15.9 Å². The number of carbonyl (C=O) groups is 1. The van der Waals surface area contributed by atoms with E-state index in [4.69, 9.17) is 4.74 Å². The molecular formula is C15H23BrN2O4S2. The first-order valence-corrected chi connectivity index (χ1v) is 11.1. The van der Waals surface area contributed by atoms with Crippen LogP contribution in [0, 0.1) is 5.92 Å². The van der Waals surface area contributed by atoms with Crippen LogP contribution in [0.4, 0.5) is 0 Å². The van der Waals surface area contributed by atoms with Crippen LogP contribution in [0.15, 0.2) is 20.1 Å². The van der Waals surface area contributed by atoms with Gasteiger partial charge < -0.3 is 10.1 Å². The van der Waals surface area contributed by atoms with Gasteiger partial charge in [0.2, 0.25) is 5.91 Å². The van der Waals surface area contributed by atoms with Gasteiger partial charge in [-0.2, -0.15) is 4.31 Å². The van der Waals surface area contributed by atoms with Gasteiger partial charge in [-0.1, -0.05) is 0 Å². The second-order valence-corrected chi connectivity index (χ2v) is 10.2. The Balaban J connectivity index is 1.90. The van der Waals surface area contributed by atoms with E-state index in [1.807, 2.05) is 6.92 Å². The third-order valence-electron chi connectivity index (χ3n) is 3.87. The zero-order valence-corrected chi connectivity index (χ0v) is 16.9. The van der Waals surface area contributed by atoms with Gasteiger partial charge in [0.1, 0.15) is 4.21 Å². The predicted molar refractivity (Wildman–Crippen MR) is 97.6 cm³/mol. The lowest BCUT2D eigenvalue weighted by Gasteiger charge is -2.30. The molecule has 1 unspecified atom stereocenters. The summed E-state index contributed by atoms with van der Waals surface area (Å²) in [6.45, 7) is 4.49. The fourth-order valence-electron chi connectivity index (χ4n) is 2.61. The summed E-state index contributed by atoms with van der Waals surface area (Å²) in [7, 11) is -3.52. The molecule has 1 amide bonds. The quantitative estimate of drug-likeness (QED) is 0.632. The summed E-state index contributed by atoms with van der Waals surface area (Å²) in [5.41, 5.74) is 0. The second-order valence-electron chi connectivity index (χ2n) is 5.60. The molecular weight excluding hydrogens is 416 g/mol. The number of thiophene rings is 1. The molecule has 0 aliphatic carbocycles. The molecule has 2 rings (SSSR count). The first-order valence-electron chi connectivity index (χ1n) is 8.06. The van der Waals surface area contributed by atoms with Gasteiger partial charge in [-0.15, -0.1) is 11.3 Å². The number of hydrogen-bond acceptors (Lipinski definition) is 5. The highest BCUT2D eigenvalue weighted by molar-refractivity contribution is 9.11. The summed E-state index contributed by atoms with van der Waals surface area (Å²) in [6.07, 6.45) is 2.18. The summed E-state index contributed by atoms with van der Waals surface area (Å²) in [5.74, 6) is -0.359. The number of carbonyl (C=O) groups excluding carboxylic acids is 1. The van der Waals surface area contributed by atoms with Crippen molar-refractivity contribution >= 4 is 43.2 Å². The summed E-state index contributed by atoms with van der Waals surface area (Å²) >= 11 is 4.48. The average molecular weight is 439 g/mol. The number of sulfonamides is 1. The minimum absolute atomic E-state index is 0.0706. The molecule has 1 fully saturated rings. The first kappa shape index (κ1) is 19.8. The second kappa shape index (κ2) is 9.28. The molecule has 1 aliphatic heterocycles. The Bertz CT molecular complexity index is 648. The van der Waals surface area contributed by atoms with Gasteiger partial charge in [-0.05, 0) is 54.2 Å². The summed E-state index contributed by atoms with van der Waals surface area (Å²) in [6, 6.07) is 3.32. The SMILES string of the molecule is CCOCCCNC(=O)C1CCCN(S(=O)(=O)c2ccc(Br)s2)C1. The van der Waals surface area contributed by atoms with E-state index in [0.29, 0.717) is 36.9 Å². The Morgan fingerprint density at radius 3 is 2.96 bits per heavy atom. The van der Waals surface area contributed by atoms with Crippen molar-refractivity contribution in [2.75, 3.05) is 32.8 Å². The smallest absolute Gasteiger partial charge is 0.252 e. The molecule has 136 valence electrons. The number of nitrogens with zero attached hydrogens (tertiary/aromatic N) is 1. The molecule has 1 aromatic heterocycles. The molecule has 2 heterocycles. The van der Waals surface area contributed by atoms with Gasteiger partial charge in [0.15, 0.2) is 0 Å². The Labute approximate surface area is 155 Å². The Kier molecular flexibility index (Phi) is 7.67.